The largest absolute Gasteiger partial charge is 0.395 e. The molecule has 0 saturated carbocycles. The summed E-state index contributed by atoms with van der Waals surface area (Å²) in [6.45, 7) is 4.68. The molecule has 2 aliphatic rings. The molecule has 0 aromatic carbocycles. The molecule has 18 heavy (non-hydrogen) atoms. The number of rotatable bonds is 4. The quantitative estimate of drug-likeness (QED) is 0.724. The molecule has 100 valence electrons. The molecule has 4 nitrogen and oxygen atoms in total. The lowest BCUT2D eigenvalue weighted by Crippen LogP contribution is -2.40. The van der Waals surface area contributed by atoms with Crippen LogP contribution in [0.25, 0.3) is 0 Å². The summed E-state index contributed by atoms with van der Waals surface area (Å²) in [5, 5.41) is 8.89. The summed E-state index contributed by atoms with van der Waals surface area (Å²) < 4.78 is 0. The van der Waals surface area contributed by atoms with Crippen molar-refractivity contribution < 1.29 is 9.90 Å². The molecule has 0 spiro atoms. The number of hydrogen-bond acceptors (Lipinski definition) is 3. The third-order valence-electron chi connectivity index (χ3n) is 4.05. The third-order valence-corrected chi connectivity index (χ3v) is 4.05. The first kappa shape index (κ1) is 13.4. The van der Waals surface area contributed by atoms with Crippen molar-refractivity contribution >= 4 is 5.91 Å². The van der Waals surface area contributed by atoms with E-state index in [0.29, 0.717) is 12.3 Å². The average Bonchev–Trinajstić information content (AvgIpc) is 2.73. The molecule has 0 aromatic rings. The van der Waals surface area contributed by atoms with E-state index in [1.165, 1.54) is 0 Å². The van der Waals surface area contributed by atoms with E-state index in [2.05, 4.69) is 10.8 Å². The zero-order chi connectivity index (χ0) is 13.0. The van der Waals surface area contributed by atoms with Gasteiger partial charge in [-0.15, -0.1) is 12.3 Å². The SMILES string of the molecule is C#CC1CC(=O)N(CC2CCN(CCO)CC2)C1. The summed E-state index contributed by atoms with van der Waals surface area (Å²) in [6, 6.07) is 0. The van der Waals surface area contributed by atoms with Crippen molar-refractivity contribution in [2.75, 3.05) is 39.3 Å². The van der Waals surface area contributed by atoms with E-state index in [9.17, 15) is 4.79 Å². The lowest BCUT2D eigenvalue weighted by atomic mass is 9.96. The Labute approximate surface area is 109 Å². The molecule has 1 unspecified atom stereocenters. The Bertz CT molecular complexity index is 329. The Kier molecular flexibility index (Phi) is 4.62. The molecule has 1 atom stereocenters. The number of aliphatic hydroxyl groups excluding tert-OH is 1. The molecule has 2 heterocycles. The molecular weight excluding hydrogens is 228 g/mol. The van der Waals surface area contributed by atoms with Gasteiger partial charge in [0, 0.05) is 32.0 Å². The second-order valence-corrected chi connectivity index (χ2v) is 5.38. The van der Waals surface area contributed by atoms with E-state index in [1.54, 1.807) is 0 Å². The fraction of sp³-hybridized carbons (Fsp3) is 0.786. The Morgan fingerprint density at radius 3 is 2.67 bits per heavy atom. The van der Waals surface area contributed by atoms with Crippen LogP contribution in [-0.4, -0.2) is 60.1 Å². The average molecular weight is 250 g/mol. The number of carbonyl (C=O) groups excluding carboxylic acids is 1. The predicted octanol–water partition coefficient (Wildman–Crippen LogP) is 0.172. The van der Waals surface area contributed by atoms with Gasteiger partial charge in [0.15, 0.2) is 0 Å². The number of hydrogen-bond donors (Lipinski definition) is 1. The first-order chi connectivity index (χ1) is 8.72. The van der Waals surface area contributed by atoms with E-state index in [1.807, 2.05) is 4.90 Å². The van der Waals surface area contributed by atoms with E-state index in [-0.39, 0.29) is 18.4 Å². The Morgan fingerprint density at radius 2 is 2.11 bits per heavy atom. The number of carbonyl (C=O) groups is 1. The highest BCUT2D eigenvalue weighted by atomic mass is 16.3. The van der Waals surface area contributed by atoms with Crippen LogP contribution in [0.5, 0.6) is 0 Å². The van der Waals surface area contributed by atoms with Crippen molar-refractivity contribution in [1.29, 1.82) is 0 Å². The zero-order valence-electron chi connectivity index (χ0n) is 10.8. The van der Waals surface area contributed by atoms with Crippen LogP contribution < -0.4 is 0 Å². The molecule has 0 aromatic heterocycles. The van der Waals surface area contributed by atoms with Gasteiger partial charge in [0.25, 0.3) is 0 Å². The van der Waals surface area contributed by atoms with Crippen molar-refractivity contribution in [1.82, 2.24) is 9.80 Å². The topological polar surface area (TPSA) is 43.8 Å². The molecule has 0 radical (unpaired) electrons. The van der Waals surface area contributed by atoms with Gasteiger partial charge >= 0.3 is 0 Å². The molecule has 1 amide bonds. The second kappa shape index (κ2) is 6.21. The maximum atomic E-state index is 11.8. The molecular formula is C14H22N2O2. The minimum absolute atomic E-state index is 0.118. The third kappa shape index (κ3) is 3.24. The van der Waals surface area contributed by atoms with Gasteiger partial charge in [-0.3, -0.25) is 4.79 Å². The normalized spacial score (nSPS) is 26.6. The monoisotopic (exact) mass is 250 g/mol. The number of piperidine rings is 1. The smallest absolute Gasteiger partial charge is 0.223 e. The van der Waals surface area contributed by atoms with Crippen LogP contribution in [0.2, 0.25) is 0 Å². The van der Waals surface area contributed by atoms with Crippen molar-refractivity contribution in [3.8, 4) is 12.3 Å². The van der Waals surface area contributed by atoms with Crippen molar-refractivity contribution in [2.45, 2.75) is 19.3 Å². The first-order valence-electron chi connectivity index (χ1n) is 6.80. The van der Waals surface area contributed by atoms with E-state index < -0.39 is 0 Å². The van der Waals surface area contributed by atoms with Gasteiger partial charge in [-0.25, -0.2) is 0 Å². The maximum Gasteiger partial charge on any atom is 0.223 e. The van der Waals surface area contributed by atoms with Crippen LogP contribution in [0.15, 0.2) is 0 Å². The number of amides is 1. The summed E-state index contributed by atoms with van der Waals surface area (Å²) in [7, 11) is 0. The van der Waals surface area contributed by atoms with E-state index in [0.717, 1.165) is 45.6 Å². The van der Waals surface area contributed by atoms with Gasteiger partial charge in [0.05, 0.1) is 6.61 Å². The van der Waals surface area contributed by atoms with Crippen molar-refractivity contribution in [2.24, 2.45) is 11.8 Å². The van der Waals surface area contributed by atoms with Gasteiger partial charge in [0.1, 0.15) is 0 Å². The number of terminal acetylenes is 1. The van der Waals surface area contributed by atoms with Crippen LogP contribution in [-0.2, 0) is 4.79 Å². The lowest BCUT2D eigenvalue weighted by Gasteiger charge is -2.33. The zero-order valence-corrected chi connectivity index (χ0v) is 10.8. The Hall–Kier alpha value is -1.05. The minimum atomic E-state index is 0.118. The first-order valence-corrected chi connectivity index (χ1v) is 6.80. The summed E-state index contributed by atoms with van der Waals surface area (Å²) in [5.41, 5.74) is 0. The maximum absolute atomic E-state index is 11.8. The van der Waals surface area contributed by atoms with Crippen molar-refractivity contribution in [3.05, 3.63) is 0 Å². The predicted molar refractivity (Wildman–Crippen MR) is 69.8 cm³/mol. The van der Waals surface area contributed by atoms with Gasteiger partial charge in [-0.2, -0.15) is 0 Å². The number of nitrogens with zero attached hydrogens (tertiary/aromatic N) is 2. The summed E-state index contributed by atoms with van der Waals surface area (Å²) in [4.78, 5) is 16.0. The van der Waals surface area contributed by atoms with Crippen LogP contribution in [0, 0.1) is 24.2 Å². The summed E-state index contributed by atoms with van der Waals surface area (Å²) in [6.07, 6.45) is 8.14. The van der Waals surface area contributed by atoms with Crippen LogP contribution in [0.4, 0.5) is 0 Å². The van der Waals surface area contributed by atoms with E-state index >= 15 is 0 Å². The molecule has 2 fully saturated rings. The Balaban J connectivity index is 1.75. The second-order valence-electron chi connectivity index (χ2n) is 5.38. The highest BCUT2D eigenvalue weighted by Crippen LogP contribution is 2.23. The molecule has 2 aliphatic heterocycles. The van der Waals surface area contributed by atoms with Crippen molar-refractivity contribution in [3.63, 3.8) is 0 Å². The van der Waals surface area contributed by atoms with Gasteiger partial charge in [-0.05, 0) is 31.8 Å². The molecule has 2 rings (SSSR count). The molecule has 1 N–H and O–H groups in total. The van der Waals surface area contributed by atoms with E-state index in [4.69, 9.17) is 11.5 Å². The molecule has 2 saturated heterocycles. The van der Waals surface area contributed by atoms with Crippen LogP contribution in [0.3, 0.4) is 0 Å². The highest BCUT2D eigenvalue weighted by molar-refractivity contribution is 5.79. The standard InChI is InChI=1S/C14H22N2O2/c1-2-12-9-14(18)16(10-12)11-13-3-5-15(6-4-13)7-8-17/h1,12-13,17H,3-11H2. The number of β-amino-alcohol motifs (C(OH)–C–C–N with tert-alkyl or cyclic N) is 1. The lowest BCUT2D eigenvalue weighted by molar-refractivity contribution is -0.128. The summed E-state index contributed by atoms with van der Waals surface area (Å²) in [5.74, 6) is 3.62. The van der Waals surface area contributed by atoms with Gasteiger partial charge in [-0.1, -0.05) is 0 Å². The molecule has 4 heteroatoms. The minimum Gasteiger partial charge on any atom is -0.395 e. The number of likely N-dealkylation sites (tertiary alicyclic amines) is 2. The molecule has 0 bridgehead atoms. The Morgan fingerprint density at radius 1 is 1.39 bits per heavy atom. The van der Waals surface area contributed by atoms with Gasteiger partial charge < -0.3 is 14.9 Å². The highest BCUT2D eigenvalue weighted by Gasteiger charge is 2.30. The fourth-order valence-corrected chi connectivity index (χ4v) is 2.91. The molecule has 0 aliphatic carbocycles. The van der Waals surface area contributed by atoms with Gasteiger partial charge in [0.2, 0.25) is 5.91 Å². The summed E-state index contributed by atoms with van der Waals surface area (Å²) >= 11 is 0. The van der Waals surface area contributed by atoms with Crippen LogP contribution in [0.1, 0.15) is 19.3 Å². The fourth-order valence-electron chi connectivity index (χ4n) is 2.91. The number of aliphatic hydroxyl groups is 1. The van der Waals surface area contributed by atoms with Crippen LogP contribution >= 0.6 is 0 Å².